The van der Waals surface area contributed by atoms with E-state index in [0.29, 0.717) is 25.2 Å². The van der Waals surface area contributed by atoms with Crippen LogP contribution in [0.4, 0.5) is 23.7 Å². The van der Waals surface area contributed by atoms with Crippen LogP contribution in [0.5, 0.6) is 0 Å². The Morgan fingerprint density at radius 1 is 1.15 bits per heavy atom. The van der Waals surface area contributed by atoms with Gasteiger partial charge in [0.05, 0.1) is 5.56 Å². The number of hydrogen-bond acceptors (Lipinski definition) is 3. The highest BCUT2D eigenvalue weighted by Gasteiger charge is 2.30. The highest BCUT2D eigenvalue weighted by Crippen LogP contribution is 2.31. The number of urea groups is 1. The number of amides is 2. The first-order valence-corrected chi connectivity index (χ1v) is 8.37. The molecule has 0 atom stereocenters. The molecule has 1 aromatic carbocycles. The Bertz CT molecular complexity index is 1020. The molecule has 2 aromatic heterocycles. The zero-order chi connectivity index (χ0) is 19.0. The van der Waals surface area contributed by atoms with Gasteiger partial charge in [0.25, 0.3) is 0 Å². The number of anilines is 1. The van der Waals surface area contributed by atoms with E-state index in [2.05, 4.69) is 15.3 Å². The lowest BCUT2D eigenvalue weighted by atomic mass is 10.0. The second kappa shape index (κ2) is 6.53. The number of hydrogen-bond donors (Lipinski definition) is 1. The first kappa shape index (κ1) is 17.3. The first-order chi connectivity index (χ1) is 12.9. The van der Waals surface area contributed by atoms with Crippen LogP contribution < -0.4 is 5.32 Å². The van der Waals surface area contributed by atoms with Crippen molar-refractivity contribution in [2.75, 3.05) is 11.9 Å². The quantitative estimate of drug-likeness (QED) is 0.695. The number of fused-ring (bicyclic) bond motifs is 2. The fraction of sp³-hybridized carbons (Fsp3) is 0.211. The highest BCUT2D eigenvalue weighted by molar-refractivity contribution is 5.89. The first-order valence-electron chi connectivity index (χ1n) is 8.37. The summed E-state index contributed by atoms with van der Waals surface area (Å²) in [6.07, 6.45) is -2.21. The van der Waals surface area contributed by atoms with E-state index >= 15 is 0 Å². The van der Waals surface area contributed by atoms with Crippen LogP contribution in [0.3, 0.4) is 0 Å². The molecule has 0 spiro atoms. The standard InChI is InChI=1S/C19H15F3N4O/c20-19(21,22)14-4-1-5-15(10-14)24-18(27)26-8-6-16-13(11-26)9-12-3-2-7-23-17(12)25-16/h1-5,7,9-10H,6,8,11H2,(H,24,27). The molecule has 0 radical (unpaired) electrons. The van der Waals surface area contributed by atoms with Crippen molar-refractivity contribution in [1.29, 1.82) is 0 Å². The molecule has 0 fully saturated rings. The fourth-order valence-electron chi connectivity index (χ4n) is 3.11. The van der Waals surface area contributed by atoms with E-state index in [1.165, 1.54) is 12.1 Å². The number of carbonyl (C=O) groups is 1. The lowest BCUT2D eigenvalue weighted by Crippen LogP contribution is -2.39. The number of benzene rings is 1. The molecule has 3 aromatic rings. The van der Waals surface area contributed by atoms with Gasteiger partial charge in [-0.1, -0.05) is 6.07 Å². The number of nitrogens with zero attached hydrogens (tertiary/aromatic N) is 3. The molecule has 0 saturated heterocycles. The van der Waals surface area contributed by atoms with Crippen molar-refractivity contribution in [2.24, 2.45) is 0 Å². The average molecular weight is 372 g/mol. The molecular formula is C19H15F3N4O. The summed E-state index contributed by atoms with van der Waals surface area (Å²) in [6, 6.07) is 9.84. The third-order valence-electron chi connectivity index (χ3n) is 4.47. The summed E-state index contributed by atoms with van der Waals surface area (Å²) in [7, 11) is 0. The van der Waals surface area contributed by atoms with Gasteiger partial charge in [0.15, 0.2) is 5.65 Å². The minimum atomic E-state index is -4.45. The molecule has 8 heteroatoms. The lowest BCUT2D eigenvalue weighted by Gasteiger charge is -2.28. The van der Waals surface area contributed by atoms with Gasteiger partial charge in [0.1, 0.15) is 0 Å². The molecule has 1 aliphatic rings. The third-order valence-corrected chi connectivity index (χ3v) is 4.47. The van der Waals surface area contributed by atoms with Gasteiger partial charge < -0.3 is 10.2 Å². The van der Waals surface area contributed by atoms with E-state index in [1.807, 2.05) is 18.2 Å². The topological polar surface area (TPSA) is 58.1 Å². The van der Waals surface area contributed by atoms with Crippen LogP contribution in [0, 0.1) is 0 Å². The predicted octanol–water partition coefficient (Wildman–Crippen LogP) is 4.24. The largest absolute Gasteiger partial charge is 0.416 e. The normalized spacial score (nSPS) is 14.1. The molecular weight excluding hydrogens is 357 g/mol. The summed E-state index contributed by atoms with van der Waals surface area (Å²) in [6.45, 7) is 0.779. The van der Waals surface area contributed by atoms with Crippen LogP contribution in [-0.2, 0) is 19.1 Å². The van der Waals surface area contributed by atoms with Crippen molar-refractivity contribution in [3.63, 3.8) is 0 Å². The Morgan fingerprint density at radius 3 is 2.81 bits per heavy atom. The summed E-state index contributed by atoms with van der Waals surface area (Å²) in [4.78, 5) is 22.8. The SMILES string of the molecule is O=C(Nc1cccc(C(F)(F)F)c1)N1CCc2nc3ncccc3cc2C1. The van der Waals surface area contributed by atoms with Crippen molar-refractivity contribution in [3.05, 3.63) is 65.5 Å². The molecule has 27 heavy (non-hydrogen) atoms. The van der Waals surface area contributed by atoms with Gasteiger partial charge >= 0.3 is 12.2 Å². The molecule has 0 unspecified atom stereocenters. The van der Waals surface area contributed by atoms with E-state index in [0.717, 1.165) is 28.8 Å². The van der Waals surface area contributed by atoms with E-state index in [-0.39, 0.29) is 5.69 Å². The van der Waals surface area contributed by atoms with Crippen LogP contribution in [0.25, 0.3) is 11.0 Å². The smallest absolute Gasteiger partial charge is 0.320 e. The van der Waals surface area contributed by atoms with Crippen molar-refractivity contribution in [2.45, 2.75) is 19.1 Å². The summed E-state index contributed by atoms with van der Waals surface area (Å²) in [5.41, 5.74) is 1.79. The van der Waals surface area contributed by atoms with Gasteiger partial charge in [-0.05, 0) is 42.0 Å². The van der Waals surface area contributed by atoms with E-state index in [4.69, 9.17) is 0 Å². The number of rotatable bonds is 1. The molecule has 5 nitrogen and oxygen atoms in total. The predicted molar refractivity (Wildman–Crippen MR) is 94.1 cm³/mol. The van der Waals surface area contributed by atoms with Gasteiger partial charge in [-0.3, -0.25) is 0 Å². The second-order valence-electron chi connectivity index (χ2n) is 6.32. The number of carbonyl (C=O) groups excluding carboxylic acids is 1. The molecule has 3 heterocycles. The summed E-state index contributed by atoms with van der Waals surface area (Å²) in [5.74, 6) is 0. The van der Waals surface area contributed by atoms with Crippen LogP contribution in [0.15, 0.2) is 48.7 Å². The van der Waals surface area contributed by atoms with Crippen molar-refractivity contribution >= 4 is 22.8 Å². The summed E-state index contributed by atoms with van der Waals surface area (Å²) < 4.78 is 38.5. The molecule has 1 aliphatic heterocycles. The maximum Gasteiger partial charge on any atom is 0.416 e. The Labute approximate surface area is 152 Å². The van der Waals surface area contributed by atoms with E-state index < -0.39 is 17.8 Å². The van der Waals surface area contributed by atoms with Crippen molar-refractivity contribution < 1.29 is 18.0 Å². The monoisotopic (exact) mass is 372 g/mol. The van der Waals surface area contributed by atoms with Crippen LogP contribution in [0.2, 0.25) is 0 Å². The minimum absolute atomic E-state index is 0.112. The van der Waals surface area contributed by atoms with Gasteiger partial charge in [-0.15, -0.1) is 0 Å². The van der Waals surface area contributed by atoms with Gasteiger partial charge in [-0.25, -0.2) is 14.8 Å². The summed E-state index contributed by atoms with van der Waals surface area (Å²) >= 11 is 0. The second-order valence-corrected chi connectivity index (χ2v) is 6.32. The van der Waals surface area contributed by atoms with Gasteiger partial charge in [0, 0.05) is 42.5 Å². The van der Waals surface area contributed by atoms with E-state index in [1.54, 1.807) is 11.1 Å². The number of pyridine rings is 2. The van der Waals surface area contributed by atoms with Gasteiger partial charge in [-0.2, -0.15) is 13.2 Å². The minimum Gasteiger partial charge on any atom is -0.320 e. The highest BCUT2D eigenvalue weighted by atomic mass is 19.4. The van der Waals surface area contributed by atoms with Crippen LogP contribution >= 0.6 is 0 Å². The lowest BCUT2D eigenvalue weighted by molar-refractivity contribution is -0.137. The molecule has 2 amide bonds. The van der Waals surface area contributed by atoms with Crippen LogP contribution in [-0.4, -0.2) is 27.4 Å². The van der Waals surface area contributed by atoms with Crippen molar-refractivity contribution in [1.82, 2.24) is 14.9 Å². The van der Waals surface area contributed by atoms with Gasteiger partial charge in [0.2, 0.25) is 0 Å². The maximum atomic E-state index is 12.8. The number of halogens is 3. The zero-order valence-corrected chi connectivity index (χ0v) is 14.1. The molecule has 1 N–H and O–H groups in total. The molecule has 138 valence electrons. The summed E-state index contributed by atoms with van der Waals surface area (Å²) in [5, 5.41) is 3.43. The third kappa shape index (κ3) is 3.55. The average Bonchev–Trinajstić information content (AvgIpc) is 2.65. The van der Waals surface area contributed by atoms with Crippen LogP contribution in [0.1, 0.15) is 16.8 Å². The Hall–Kier alpha value is -3.16. The molecule has 0 bridgehead atoms. The number of alkyl halides is 3. The molecule has 4 rings (SSSR count). The molecule has 0 aliphatic carbocycles. The number of nitrogens with one attached hydrogen (secondary N) is 1. The van der Waals surface area contributed by atoms with Crippen molar-refractivity contribution in [3.8, 4) is 0 Å². The Kier molecular flexibility index (Phi) is 4.18. The maximum absolute atomic E-state index is 12.8. The Morgan fingerprint density at radius 2 is 2.00 bits per heavy atom. The zero-order valence-electron chi connectivity index (χ0n) is 14.1. The molecule has 0 saturated carbocycles. The van der Waals surface area contributed by atoms with E-state index in [9.17, 15) is 18.0 Å². The Balaban J connectivity index is 1.52. The fourth-order valence-corrected chi connectivity index (χ4v) is 3.11. The number of aromatic nitrogens is 2.